The normalized spacial score (nSPS) is 12.2. The number of aryl methyl sites for hydroxylation is 1. The molecule has 0 aliphatic heterocycles. The monoisotopic (exact) mass is 336 g/mol. The molecule has 3 aromatic rings. The predicted octanol–water partition coefficient (Wildman–Crippen LogP) is 3.89. The van der Waals surface area contributed by atoms with E-state index in [0.29, 0.717) is 12.2 Å². The molecular weight excluding hydrogens is 312 g/mol. The molecule has 0 amide bonds. The zero-order valence-corrected chi connectivity index (χ0v) is 14.3. The van der Waals surface area contributed by atoms with E-state index in [-0.39, 0.29) is 0 Å². The fourth-order valence-corrected chi connectivity index (χ4v) is 2.82. The van der Waals surface area contributed by atoms with Crippen LogP contribution in [0, 0.1) is 0 Å². The standard InChI is InChI=1S/C20H24N4O/c25-19(16-10-2-1-5-11-17-12-6-3-7-13-17)20-21-23-24(22-20)18-14-8-4-9-15-18/h3-4,6-9,12-15,19,25H,1-2,5,10-11,16H2. The summed E-state index contributed by atoms with van der Waals surface area (Å²) in [6.45, 7) is 0. The Morgan fingerprint density at radius 3 is 2.28 bits per heavy atom. The minimum absolute atomic E-state index is 0.396. The van der Waals surface area contributed by atoms with Crippen molar-refractivity contribution in [3.05, 3.63) is 72.1 Å². The highest BCUT2D eigenvalue weighted by Gasteiger charge is 2.14. The lowest BCUT2D eigenvalue weighted by Crippen LogP contribution is -2.02. The Labute approximate surface area is 148 Å². The van der Waals surface area contributed by atoms with E-state index < -0.39 is 6.10 Å². The minimum atomic E-state index is -0.647. The predicted molar refractivity (Wildman–Crippen MR) is 97.3 cm³/mol. The van der Waals surface area contributed by atoms with Crippen LogP contribution in [0.15, 0.2) is 60.7 Å². The van der Waals surface area contributed by atoms with E-state index >= 15 is 0 Å². The van der Waals surface area contributed by atoms with Gasteiger partial charge in [-0.15, -0.1) is 15.0 Å². The summed E-state index contributed by atoms with van der Waals surface area (Å²) < 4.78 is 0. The van der Waals surface area contributed by atoms with Gasteiger partial charge in [0.15, 0.2) is 0 Å². The molecule has 5 nitrogen and oxygen atoms in total. The summed E-state index contributed by atoms with van der Waals surface area (Å²) in [5, 5.41) is 22.5. The van der Waals surface area contributed by atoms with Gasteiger partial charge in [-0.3, -0.25) is 0 Å². The SMILES string of the molecule is OC(CCCCCCc1ccccc1)c1nnn(-c2ccccc2)n1. The summed E-state index contributed by atoms with van der Waals surface area (Å²) in [5.41, 5.74) is 2.23. The fraction of sp³-hybridized carbons (Fsp3) is 0.350. The highest BCUT2D eigenvalue weighted by Crippen LogP contribution is 2.17. The van der Waals surface area contributed by atoms with Crippen LogP contribution >= 0.6 is 0 Å². The van der Waals surface area contributed by atoms with Crippen molar-refractivity contribution in [3.63, 3.8) is 0 Å². The van der Waals surface area contributed by atoms with Gasteiger partial charge in [0.1, 0.15) is 6.10 Å². The van der Waals surface area contributed by atoms with Gasteiger partial charge in [-0.25, -0.2) is 0 Å². The van der Waals surface area contributed by atoms with Gasteiger partial charge >= 0.3 is 0 Å². The fourth-order valence-electron chi connectivity index (χ4n) is 2.82. The van der Waals surface area contributed by atoms with Crippen molar-refractivity contribution in [1.29, 1.82) is 0 Å². The highest BCUT2D eigenvalue weighted by atomic mass is 16.3. The number of para-hydroxylation sites is 1. The maximum atomic E-state index is 10.2. The molecule has 0 spiro atoms. The Bertz CT molecular complexity index is 743. The van der Waals surface area contributed by atoms with Crippen LogP contribution in [0.4, 0.5) is 0 Å². The molecule has 0 bridgehead atoms. The summed E-state index contributed by atoms with van der Waals surface area (Å²) >= 11 is 0. The Morgan fingerprint density at radius 1 is 0.840 bits per heavy atom. The first-order chi connectivity index (χ1) is 12.3. The largest absolute Gasteiger partial charge is 0.385 e. The van der Waals surface area contributed by atoms with E-state index in [2.05, 4.69) is 39.7 Å². The van der Waals surface area contributed by atoms with Gasteiger partial charge in [0.2, 0.25) is 5.82 Å². The van der Waals surface area contributed by atoms with Crippen LogP contribution in [0.1, 0.15) is 49.6 Å². The van der Waals surface area contributed by atoms with Gasteiger partial charge in [0.25, 0.3) is 0 Å². The van der Waals surface area contributed by atoms with Crippen molar-refractivity contribution in [1.82, 2.24) is 20.2 Å². The van der Waals surface area contributed by atoms with Crippen molar-refractivity contribution in [2.75, 3.05) is 0 Å². The van der Waals surface area contributed by atoms with Crippen molar-refractivity contribution >= 4 is 0 Å². The molecule has 0 saturated carbocycles. The Kier molecular flexibility index (Phi) is 6.29. The number of unbranched alkanes of at least 4 members (excludes halogenated alkanes) is 3. The molecular formula is C20H24N4O. The maximum absolute atomic E-state index is 10.2. The molecule has 0 fully saturated rings. The molecule has 0 saturated heterocycles. The summed E-state index contributed by atoms with van der Waals surface area (Å²) in [6, 6.07) is 20.2. The van der Waals surface area contributed by atoms with E-state index in [1.54, 1.807) is 0 Å². The molecule has 1 unspecified atom stereocenters. The first-order valence-electron chi connectivity index (χ1n) is 8.90. The molecule has 0 aliphatic carbocycles. The van der Waals surface area contributed by atoms with E-state index in [9.17, 15) is 5.11 Å². The molecule has 2 aromatic carbocycles. The topological polar surface area (TPSA) is 63.8 Å². The van der Waals surface area contributed by atoms with Crippen molar-refractivity contribution in [2.45, 2.75) is 44.6 Å². The summed E-state index contributed by atoms with van der Waals surface area (Å²) in [6.07, 6.45) is 5.58. The maximum Gasteiger partial charge on any atom is 0.203 e. The number of hydrogen-bond donors (Lipinski definition) is 1. The van der Waals surface area contributed by atoms with Crippen molar-refractivity contribution in [3.8, 4) is 5.69 Å². The second-order valence-corrected chi connectivity index (χ2v) is 6.23. The lowest BCUT2D eigenvalue weighted by atomic mass is 10.0. The number of benzene rings is 2. The summed E-state index contributed by atoms with van der Waals surface area (Å²) in [5.74, 6) is 0.396. The van der Waals surface area contributed by atoms with Gasteiger partial charge in [-0.1, -0.05) is 67.8 Å². The smallest absolute Gasteiger partial charge is 0.203 e. The molecule has 1 heterocycles. The summed E-state index contributed by atoms with van der Waals surface area (Å²) in [4.78, 5) is 1.46. The van der Waals surface area contributed by atoms with E-state index in [1.807, 2.05) is 36.4 Å². The van der Waals surface area contributed by atoms with E-state index in [0.717, 1.165) is 24.9 Å². The molecule has 3 rings (SSSR count). The number of nitrogens with zero attached hydrogens (tertiary/aromatic N) is 4. The van der Waals surface area contributed by atoms with Crippen molar-refractivity contribution < 1.29 is 5.11 Å². The molecule has 1 aromatic heterocycles. The first-order valence-corrected chi connectivity index (χ1v) is 8.90. The molecule has 0 radical (unpaired) electrons. The third kappa shape index (κ3) is 5.22. The van der Waals surface area contributed by atoms with E-state index in [4.69, 9.17) is 0 Å². The molecule has 25 heavy (non-hydrogen) atoms. The lowest BCUT2D eigenvalue weighted by molar-refractivity contribution is 0.153. The molecule has 130 valence electrons. The Morgan fingerprint density at radius 2 is 1.52 bits per heavy atom. The van der Waals surface area contributed by atoms with Crippen LogP contribution in [-0.2, 0) is 6.42 Å². The molecule has 1 N–H and O–H groups in total. The van der Waals surface area contributed by atoms with Gasteiger partial charge in [-0.05, 0) is 42.2 Å². The van der Waals surface area contributed by atoms with Crippen LogP contribution in [0.3, 0.4) is 0 Å². The number of aliphatic hydroxyl groups is 1. The Hall–Kier alpha value is -2.53. The van der Waals surface area contributed by atoms with Crippen molar-refractivity contribution in [2.24, 2.45) is 0 Å². The van der Waals surface area contributed by atoms with Gasteiger partial charge in [0, 0.05) is 0 Å². The minimum Gasteiger partial charge on any atom is -0.385 e. The van der Waals surface area contributed by atoms with Gasteiger partial charge in [-0.2, -0.15) is 0 Å². The number of aromatic nitrogens is 4. The third-order valence-corrected chi connectivity index (χ3v) is 4.25. The van der Waals surface area contributed by atoms with Crippen LogP contribution in [0.2, 0.25) is 0 Å². The van der Waals surface area contributed by atoms with Gasteiger partial charge < -0.3 is 5.11 Å². The highest BCUT2D eigenvalue weighted by molar-refractivity contribution is 5.28. The number of tetrazole rings is 1. The average Bonchev–Trinajstić information content (AvgIpc) is 3.16. The number of hydrogen-bond acceptors (Lipinski definition) is 4. The van der Waals surface area contributed by atoms with Crippen LogP contribution < -0.4 is 0 Å². The zero-order valence-electron chi connectivity index (χ0n) is 14.3. The first kappa shape index (κ1) is 17.3. The molecule has 1 atom stereocenters. The third-order valence-electron chi connectivity index (χ3n) is 4.25. The second kappa shape index (κ2) is 9.08. The second-order valence-electron chi connectivity index (χ2n) is 6.23. The van der Waals surface area contributed by atoms with Crippen LogP contribution in [-0.4, -0.2) is 25.3 Å². The number of aliphatic hydroxyl groups excluding tert-OH is 1. The van der Waals surface area contributed by atoms with Gasteiger partial charge in [0.05, 0.1) is 5.69 Å². The molecule has 0 aliphatic rings. The van der Waals surface area contributed by atoms with Crippen LogP contribution in [0.5, 0.6) is 0 Å². The Balaban J connectivity index is 1.37. The van der Waals surface area contributed by atoms with E-state index in [1.165, 1.54) is 23.2 Å². The zero-order chi connectivity index (χ0) is 17.3. The molecule has 5 heteroatoms. The lowest BCUT2D eigenvalue weighted by Gasteiger charge is -2.06. The summed E-state index contributed by atoms with van der Waals surface area (Å²) in [7, 11) is 0. The quantitative estimate of drug-likeness (QED) is 0.602. The average molecular weight is 336 g/mol. The van der Waals surface area contributed by atoms with Crippen LogP contribution in [0.25, 0.3) is 5.69 Å². The number of rotatable bonds is 9.